The van der Waals surface area contributed by atoms with E-state index in [1.807, 2.05) is 6.07 Å². The van der Waals surface area contributed by atoms with Crippen molar-refractivity contribution in [2.75, 3.05) is 18.0 Å². The van der Waals surface area contributed by atoms with Gasteiger partial charge in [0.2, 0.25) is 0 Å². The minimum atomic E-state index is -0.0933. The predicted octanol–water partition coefficient (Wildman–Crippen LogP) is 3.56. The Morgan fingerprint density at radius 1 is 1.32 bits per heavy atom. The smallest absolute Gasteiger partial charge is 0.129 e. The lowest BCUT2D eigenvalue weighted by Crippen LogP contribution is -2.34. The molecule has 0 saturated carbocycles. The van der Waals surface area contributed by atoms with Crippen LogP contribution in [0.5, 0.6) is 0 Å². The summed E-state index contributed by atoms with van der Waals surface area (Å²) in [6.45, 7) is 9.15. The third kappa shape index (κ3) is 3.69. The van der Waals surface area contributed by atoms with Crippen molar-refractivity contribution < 1.29 is 4.39 Å². The number of anilines is 1. The van der Waals surface area contributed by atoms with Gasteiger partial charge in [-0.15, -0.1) is 0 Å². The van der Waals surface area contributed by atoms with Crippen LogP contribution in [0.25, 0.3) is 0 Å². The molecule has 2 nitrogen and oxygen atoms in total. The lowest BCUT2D eigenvalue weighted by Gasteiger charge is -2.33. The third-order valence-corrected chi connectivity index (χ3v) is 3.91. The molecule has 1 aliphatic heterocycles. The van der Waals surface area contributed by atoms with E-state index in [1.54, 1.807) is 6.07 Å². The van der Waals surface area contributed by atoms with Crippen LogP contribution in [0.1, 0.15) is 39.2 Å². The van der Waals surface area contributed by atoms with Crippen molar-refractivity contribution in [1.82, 2.24) is 5.32 Å². The van der Waals surface area contributed by atoms with Gasteiger partial charge in [0.25, 0.3) is 0 Å². The zero-order chi connectivity index (χ0) is 13.8. The van der Waals surface area contributed by atoms with Gasteiger partial charge in [0.15, 0.2) is 0 Å². The second-order valence-corrected chi connectivity index (χ2v) is 5.94. The standard InChI is InChI=1S/C16H25FN2/c1-12(2)18-11-14-15(17)5-4-6-16(14)19-9-7-13(3)8-10-19/h4-6,12-13,18H,7-11H2,1-3H3. The van der Waals surface area contributed by atoms with Gasteiger partial charge < -0.3 is 10.2 Å². The Morgan fingerprint density at radius 3 is 2.63 bits per heavy atom. The van der Waals surface area contributed by atoms with Gasteiger partial charge >= 0.3 is 0 Å². The van der Waals surface area contributed by atoms with Gasteiger partial charge in [-0.2, -0.15) is 0 Å². The van der Waals surface area contributed by atoms with Crippen molar-refractivity contribution in [3.05, 3.63) is 29.6 Å². The van der Waals surface area contributed by atoms with E-state index in [4.69, 9.17) is 0 Å². The van der Waals surface area contributed by atoms with E-state index in [0.29, 0.717) is 12.6 Å². The van der Waals surface area contributed by atoms with Crippen LogP contribution >= 0.6 is 0 Å². The van der Waals surface area contributed by atoms with Gasteiger partial charge in [-0.3, -0.25) is 0 Å². The highest BCUT2D eigenvalue weighted by Gasteiger charge is 2.19. The molecule has 0 radical (unpaired) electrons. The van der Waals surface area contributed by atoms with Crippen molar-refractivity contribution >= 4 is 5.69 Å². The predicted molar refractivity (Wildman–Crippen MR) is 79.0 cm³/mol. The normalized spacial score (nSPS) is 17.2. The molecule has 19 heavy (non-hydrogen) atoms. The largest absolute Gasteiger partial charge is 0.371 e. The summed E-state index contributed by atoms with van der Waals surface area (Å²) in [6, 6.07) is 5.81. The average Bonchev–Trinajstić information content (AvgIpc) is 2.38. The van der Waals surface area contributed by atoms with Crippen molar-refractivity contribution in [3.8, 4) is 0 Å². The van der Waals surface area contributed by atoms with Crippen LogP contribution in [0.15, 0.2) is 18.2 Å². The van der Waals surface area contributed by atoms with Gasteiger partial charge in [0.05, 0.1) is 0 Å². The fourth-order valence-electron chi connectivity index (χ4n) is 2.57. The monoisotopic (exact) mass is 264 g/mol. The highest BCUT2D eigenvalue weighted by molar-refractivity contribution is 5.54. The molecule has 0 aromatic heterocycles. The lowest BCUT2D eigenvalue weighted by atomic mass is 9.98. The Balaban J connectivity index is 2.16. The van der Waals surface area contributed by atoms with Crippen molar-refractivity contribution in [3.63, 3.8) is 0 Å². The SMILES string of the molecule is CC1CCN(c2cccc(F)c2CNC(C)C)CC1. The molecule has 0 spiro atoms. The highest BCUT2D eigenvalue weighted by Crippen LogP contribution is 2.27. The summed E-state index contributed by atoms with van der Waals surface area (Å²) in [6.07, 6.45) is 2.40. The molecule has 1 aromatic carbocycles. The van der Waals surface area contributed by atoms with E-state index in [9.17, 15) is 4.39 Å². The summed E-state index contributed by atoms with van der Waals surface area (Å²) in [5, 5.41) is 3.32. The van der Waals surface area contributed by atoms with Crippen LogP contribution < -0.4 is 10.2 Å². The molecule has 0 bridgehead atoms. The third-order valence-electron chi connectivity index (χ3n) is 3.91. The number of nitrogens with zero attached hydrogens (tertiary/aromatic N) is 1. The number of hydrogen-bond acceptors (Lipinski definition) is 2. The lowest BCUT2D eigenvalue weighted by molar-refractivity contribution is 0.436. The first kappa shape index (κ1) is 14.3. The van der Waals surface area contributed by atoms with Crippen LogP contribution in [-0.4, -0.2) is 19.1 Å². The zero-order valence-electron chi connectivity index (χ0n) is 12.2. The summed E-state index contributed by atoms with van der Waals surface area (Å²) in [4.78, 5) is 2.33. The van der Waals surface area contributed by atoms with Crippen LogP contribution in [-0.2, 0) is 6.54 Å². The molecule has 1 fully saturated rings. The van der Waals surface area contributed by atoms with E-state index < -0.39 is 0 Å². The summed E-state index contributed by atoms with van der Waals surface area (Å²) < 4.78 is 14.1. The van der Waals surface area contributed by atoms with Crippen molar-refractivity contribution in [2.24, 2.45) is 5.92 Å². The summed E-state index contributed by atoms with van der Waals surface area (Å²) in [5.41, 5.74) is 1.88. The molecule has 0 atom stereocenters. The van der Waals surface area contributed by atoms with E-state index in [0.717, 1.165) is 30.3 Å². The number of piperidine rings is 1. The Labute approximate surface area is 116 Å². The highest BCUT2D eigenvalue weighted by atomic mass is 19.1. The number of rotatable bonds is 4. The zero-order valence-corrected chi connectivity index (χ0v) is 12.2. The number of halogens is 1. The second-order valence-electron chi connectivity index (χ2n) is 5.94. The van der Waals surface area contributed by atoms with Crippen LogP contribution in [0.2, 0.25) is 0 Å². The summed E-state index contributed by atoms with van der Waals surface area (Å²) >= 11 is 0. The Bertz CT molecular complexity index is 409. The molecule has 1 heterocycles. The van der Waals surface area contributed by atoms with E-state index in [1.165, 1.54) is 12.8 Å². The molecule has 1 N–H and O–H groups in total. The quantitative estimate of drug-likeness (QED) is 0.894. The van der Waals surface area contributed by atoms with E-state index >= 15 is 0 Å². The Kier molecular flexibility index (Phi) is 4.81. The first-order chi connectivity index (χ1) is 9.08. The Morgan fingerprint density at radius 2 is 2.00 bits per heavy atom. The van der Waals surface area contributed by atoms with Gasteiger partial charge in [-0.1, -0.05) is 26.8 Å². The number of benzene rings is 1. The molecule has 0 unspecified atom stereocenters. The van der Waals surface area contributed by atoms with Crippen LogP contribution in [0.4, 0.5) is 10.1 Å². The van der Waals surface area contributed by atoms with Crippen LogP contribution in [0, 0.1) is 11.7 Å². The maximum Gasteiger partial charge on any atom is 0.129 e. The average molecular weight is 264 g/mol. The van der Waals surface area contributed by atoms with Gasteiger partial charge in [0, 0.05) is 36.9 Å². The second kappa shape index (κ2) is 6.38. The molecule has 0 amide bonds. The van der Waals surface area contributed by atoms with Gasteiger partial charge in [-0.05, 0) is 30.9 Å². The molecule has 1 aromatic rings. The molecule has 1 saturated heterocycles. The molecule has 2 rings (SSSR count). The summed E-state index contributed by atoms with van der Waals surface area (Å²) in [7, 11) is 0. The molecule has 0 aliphatic carbocycles. The molecule has 1 aliphatic rings. The minimum Gasteiger partial charge on any atom is -0.371 e. The maximum absolute atomic E-state index is 14.1. The molecule has 3 heteroatoms. The van der Waals surface area contributed by atoms with Crippen molar-refractivity contribution in [1.29, 1.82) is 0 Å². The Hall–Kier alpha value is -1.09. The van der Waals surface area contributed by atoms with Crippen LogP contribution in [0.3, 0.4) is 0 Å². The molecular weight excluding hydrogens is 239 g/mol. The topological polar surface area (TPSA) is 15.3 Å². The van der Waals surface area contributed by atoms with Gasteiger partial charge in [0.1, 0.15) is 5.82 Å². The van der Waals surface area contributed by atoms with E-state index in [2.05, 4.69) is 37.1 Å². The van der Waals surface area contributed by atoms with Crippen molar-refractivity contribution in [2.45, 2.75) is 46.2 Å². The summed E-state index contributed by atoms with van der Waals surface area (Å²) in [5.74, 6) is 0.700. The number of nitrogens with one attached hydrogen (secondary N) is 1. The molecule has 106 valence electrons. The minimum absolute atomic E-state index is 0.0933. The van der Waals surface area contributed by atoms with Gasteiger partial charge in [-0.25, -0.2) is 4.39 Å². The fourth-order valence-corrected chi connectivity index (χ4v) is 2.57. The molecular formula is C16H25FN2. The maximum atomic E-state index is 14.1. The first-order valence-electron chi connectivity index (χ1n) is 7.33. The number of hydrogen-bond donors (Lipinski definition) is 1. The van der Waals surface area contributed by atoms with E-state index in [-0.39, 0.29) is 5.82 Å². The fraction of sp³-hybridized carbons (Fsp3) is 0.625. The first-order valence-corrected chi connectivity index (χ1v) is 7.33.